The number of ether oxygens (including phenoxy) is 1. The Hall–Kier alpha value is -2.57. The van der Waals surface area contributed by atoms with Crippen LogP contribution in [0.4, 0.5) is 4.79 Å². The molecule has 0 spiro atoms. The van der Waals surface area contributed by atoms with Gasteiger partial charge in [-0.05, 0) is 58.4 Å². The van der Waals surface area contributed by atoms with Gasteiger partial charge in [0.05, 0.1) is 0 Å². The van der Waals surface area contributed by atoms with Crippen molar-refractivity contribution in [2.24, 2.45) is 5.92 Å². The number of carbonyl (C=O) groups excluding carboxylic acids is 3. The molecule has 3 atom stereocenters. The molecule has 1 saturated carbocycles. The molecule has 7 nitrogen and oxygen atoms in total. The predicted octanol–water partition coefficient (Wildman–Crippen LogP) is 5.27. The summed E-state index contributed by atoms with van der Waals surface area (Å²) in [6.07, 6.45) is 4.77. The van der Waals surface area contributed by atoms with E-state index in [1.165, 1.54) is 0 Å². The Balaban J connectivity index is 2.40. The molecule has 3 amide bonds. The highest BCUT2D eigenvalue weighted by atomic mass is 16.6. The third-order valence-electron chi connectivity index (χ3n) is 6.31. The molecule has 1 aromatic rings. The topological polar surface area (TPSA) is 87.7 Å². The third-order valence-corrected chi connectivity index (χ3v) is 6.31. The normalized spacial score (nSPS) is 16.1. The molecule has 2 rings (SSSR count). The molecule has 2 N–H and O–H groups in total. The van der Waals surface area contributed by atoms with Crippen molar-refractivity contribution in [3.63, 3.8) is 0 Å². The van der Waals surface area contributed by atoms with E-state index in [9.17, 15) is 14.4 Å². The standard InChI is InChI=1S/C28H45N3O4/c1-8-10-11-17-29-25(32)24(21-14-12-13-19(3)18-21)31(22-15-16-22)26(33)23(20(4)9-2)30-27(34)35-28(5,6)7/h12-14,18,20,22-24H,8-11,15-17H2,1-7H3,(H,29,32)(H,30,34). The Bertz CT molecular complexity index is 860. The Kier molecular flexibility index (Phi) is 10.6. The van der Waals surface area contributed by atoms with Gasteiger partial charge in [-0.25, -0.2) is 4.79 Å². The molecule has 1 aliphatic carbocycles. The number of carbonyl (C=O) groups is 3. The van der Waals surface area contributed by atoms with Crippen LogP contribution in [0.5, 0.6) is 0 Å². The first-order chi connectivity index (χ1) is 16.5. The van der Waals surface area contributed by atoms with Crippen LogP contribution in [-0.4, -0.2) is 47.0 Å². The van der Waals surface area contributed by atoms with Crippen molar-refractivity contribution >= 4 is 17.9 Å². The van der Waals surface area contributed by atoms with Crippen LogP contribution < -0.4 is 10.6 Å². The van der Waals surface area contributed by atoms with E-state index < -0.39 is 23.8 Å². The van der Waals surface area contributed by atoms with Crippen LogP contribution >= 0.6 is 0 Å². The van der Waals surface area contributed by atoms with Crippen LogP contribution in [0, 0.1) is 12.8 Å². The quantitative estimate of drug-likeness (QED) is 0.393. The minimum Gasteiger partial charge on any atom is -0.444 e. The van der Waals surface area contributed by atoms with Gasteiger partial charge in [0, 0.05) is 12.6 Å². The van der Waals surface area contributed by atoms with Crippen LogP contribution in [0.15, 0.2) is 24.3 Å². The molecule has 1 fully saturated rings. The Morgan fingerprint density at radius 3 is 2.37 bits per heavy atom. The summed E-state index contributed by atoms with van der Waals surface area (Å²) in [4.78, 5) is 42.0. The maximum Gasteiger partial charge on any atom is 0.408 e. The number of amides is 3. The van der Waals surface area contributed by atoms with Crippen LogP contribution in [0.2, 0.25) is 0 Å². The molecule has 7 heteroatoms. The molecule has 0 heterocycles. The fourth-order valence-electron chi connectivity index (χ4n) is 4.11. The molecular formula is C28H45N3O4. The van der Waals surface area contributed by atoms with Gasteiger partial charge >= 0.3 is 6.09 Å². The molecule has 1 aromatic carbocycles. The molecule has 0 saturated heterocycles. The van der Waals surface area contributed by atoms with Gasteiger partial charge in [-0.15, -0.1) is 0 Å². The van der Waals surface area contributed by atoms with E-state index in [2.05, 4.69) is 17.6 Å². The van der Waals surface area contributed by atoms with Gasteiger partial charge < -0.3 is 20.3 Å². The van der Waals surface area contributed by atoms with E-state index in [0.717, 1.165) is 43.2 Å². The maximum atomic E-state index is 14.1. The molecule has 3 unspecified atom stereocenters. The fraction of sp³-hybridized carbons (Fsp3) is 0.679. The minimum atomic E-state index is -0.782. The number of alkyl carbamates (subject to hydrolysis) is 1. The smallest absolute Gasteiger partial charge is 0.408 e. The molecule has 0 aromatic heterocycles. The zero-order valence-electron chi connectivity index (χ0n) is 22.6. The Morgan fingerprint density at radius 2 is 1.83 bits per heavy atom. The van der Waals surface area contributed by atoms with Gasteiger partial charge in [0.1, 0.15) is 17.7 Å². The van der Waals surface area contributed by atoms with Crippen LogP contribution in [0.3, 0.4) is 0 Å². The number of hydrogen-bond donors (Lipinski definition) is 2. The SMILES string of the molecule is CCCCCNC(=O)C(c1cccc(C)c1)N(C(=O)C(NC(=O)OC(C)(C)C)C(C)CC)C1CC1. The molecule has 1 aliphatic rings. The summed E-state index contributed by atoms with van der Waals surface area (Å²) in [5.41, 5.74) is 1.14. The van der Waals surface area contributed by atoms with E-state index in [1.807, 2.05) is 45.0 Å². The molecule has 0 radical (unpaired) electrons. The summed E-state index contributed by atoms with van der Waals surface area (Å²) in [5, 5.41) is 5.88. The average Bonchev–Trinajstić information content (AvgIpc) is 3.61. The predicted molar refractivity (Wildman–Crippen MR) is 139 cm³/mol. The van der Waals surface area contributed by atoms with Crippen molar-refractivity contribution in [1.82, 2.24) is 15.5 Å². The van der Waals surface area contributed by atoms with E-state index in [-0.39, 0.29) is 23.8 Å². The second kappa shape index (κ2) is 12.9. The lowest BCUT2D eigenvalue weighted by Gasteiger charge is -2.36. The lowest BCUT2D eigenvalue weighted by Crippen LogP contribution is -2.55. The Labute approximate surface area is 211 Å². The van der Waals surface area contributed by atoms with Crippen molar-refractivity contribution in [2.75, 3.05) is 6.54 Å². The zero-order chi connectivity index (χ0) is 26.2. The number of aryl methyl sites for hydroxylation is 1. The zero-order valence-corrected chi connectivity index (χ0v) is 22.6. The first kappa shape index (κ1) is 28.7. The molecule has 0 aliphatic heterocycles. The number of nitrogens with zero attached hydrogens (tertiary/aromatic N) is 1. The molecule has 0 bridgehead atoms. The first-order valence-electron chi connectivity index (χ1n) is 13.1. The summed E-state index contributed by atoms with van der Waals surface area (Å²) in [5.74, 6) is -0.530. The highest BCUT2D eigenvalue weighted by molar-refractivity contribution is 5.92. The molecule has 35 heavy (non-hydrogen) atoms. The monoisotopic (exact) mass is 487 g/mol. The highest BCUT2D eigenvalue weighted by Crippen LogP contribution is 2.36. The first-order valence-corrected chi connectivity index (χ1v) is 13.1. The number of hydrogen-bond acceptors (Lipinski definition) is 4. The van der Waals surface area contributed by atoms with Gasteiger partial charge in [0.2, 0.25) is 11.8 Å². The second-order valence-electron chi connectivity index (χ2n) is 10.8. The van der Waals surface area contributed by atoms with E-state index >= 15 is 0 Å². The van der Waals surface area contributed by atoms with Gasteiger partial charge in [-0.1, -0.05) is 69.9 Å². The number of unbranched alkanes of at least 4 members (excludes halogenated alkanes) is 2. The summed E-state index contributed by atoms with van der Waals surface area (Å²) in [6, 6.07) is 6.22. The van der Waals surface area contributed by atoms with Gasteiger partial charge in [0.15, 0.2) is 0 Å². The van der Waals surface area contributed by atoms with Crippen molar-refractivity contribution in [3.8, 4) is 0 Å². The third kappa shape index (κ3) is 8.86. The summed E-state index contributed by atoms with van der Waals surface area (Å²) < 4.78 is 5.45. The molecular weight excluding hydrogens is 442 g/mol. The largest absolute Gasteiger partial charge is 0.444 e. The number of rotatable bonds is 12. The van der Waals surface area contributed by atoms with Crippen molar-refractivity contribution in [3.05, 3.63) is 35.4 Å². The van der Waals surface area contributed by atoms with Gasteiger partial charge in [-0.2, -0.15) is 0 Å². The Morgan fingerprint density at radius 1 is 1.14 bits per heavy atom. The average molecular weight is 488 g/mol. The van der Waals surface area contributed by atoms with Crippen LogP contribution in [-0.2, 0) is 14.3 Å². The van der Waals surface area contributed by atoms with E-state index in [1.54, 1.807) is 25.7 Å². The fourth-order valence-corrected chi connectivity index (χ4v) is 4.11. The summed E-state index contributed by atoms with van der Waals surface area (Å²) in [7, 11) is 0. The van der Waals surface area contributed by atoms with E-state index in [0.29, 0.717) is 13.0 Å². The van der Waals surface area contributed by atoms with Crippen molar-refractivity contribution < 1.29 is 19.1 Å². The summed E-state index contributed by atoms with van der Waals surface area (Å²) in [6.45, 7) is 14.0. The number of benzene rings is 1. The molecule has 196 valence electrons. The minimum absolute atomic E-state index is 0.0265. The lowest BCUT2D eigenvalue weighted by molar-refractivity contribution is -0.144. The highest BCUT2D eigenvalue weighted by Gasteiger charge is 2.45. The van der Waals surface area contributed by atoms with Crippen LogP contribution in [0.25, 0.3) is 0 Å². The van der Waals surface area contributed by atoms with E-state index in [4.69, 9.17) is 4.74 Å². The van der Waals surface area contributed by atoms with Gasteiger partial charge in [0.25, 0.3) is 0 Å². The van der Waals surface area contributed by atoms with Gasteiger partial charge in [-0.3, -0.25) is 9.59 Å². The second-order valence-corrected chi connectivity index (χ2v) is 10.8. The van der Waals surface area contributed by atoms with Crippen molar-refractivity contribution in [2.45, 2.75) is 111 Å². The number of nitrogens with one attached hydrogen (secondary N) is 2. The van der Waals surface area contributed by atoms with Crippen LogP contribution in [0.1, 0.15) is 97.2 Å². The van der Waals surface area contributed by atoms with Crippen molar-refractivity contribution in [1.29, 1.82) is 0 Å². The summed E-state index contributed by atoms with van der Waals surface area (Å²) >= 11 is 0. The lowest BCUT2D eigenvalue weighted by atomic mass is 9.95. The maximum absolute atomic E-state index is 14.1.